The number of carbonyl (C=O) groups is 3. The van der Waals surface area contributed by atoms with Crippen molar-refractivity contribution in [1.29, 1.82) is 0 Å². The first-order chi connectivity index (χ1) is 12.0. The fraction of sp³-hybridized carbons (Fsp3) is 0.438. The fourth-order valence-electron chi connectivity index (χ4n) is 1.83. The van der Waals surface area contributed by atoms with Crippen LogP contribution in [-0.4, -0.2) is 54.4 Å². The first kappa shape index (κ1) is 21.7. The second-order valence-electron chi connectivity index (χ2n) is 4.97. The Kier molecular flexibility index (Phi) is 10.4. The Labute approximate surface area is 160 Å². The third-order valence-corrected chi connectivity index (χ3v) is 4.85. The van der Waals surface area contributed by atoms with Crippen LogP contribution in [0.4, 0.5) is 5.69 Å². The third kappa shape index (κ3) is 9.04. The summed E-state index contributed by atoms with van der Waals surface area (Å²) in [5.74, 6) is -0.0398. The van der Waals surface area contributed by atoms with Gasteiger partial charge in [-0.25, -0.2) is 4.79 Å². The molecule has 0 radical (unpaired) electrons. The number of esters is 1. The lowest BCUT2D eigenvalue weighted by atomic mass is 10.2. The van der Waals surface area contributed by atoms with Crippen molar-refractivity contribution in [3.63, 3.8) is 0 Å². The van der Waals surface area contributed by atoms with Crippen LogP contribution in [0, 0.1) is 0 Å². The van der Waals surface area contributed by atoms with Crippen LogP contribution in [0.2, 0.25) is 5.02 Å². The van der Waals surface area contributed by atoms with Gasteiger partial charge in [-0.15, -0.1) is 11.8 Å². The van der Waals surface area contributed by atoms with Crippen molar-refractivity contribution >= 4 is 58.6 Å². The Morgan fingerprint density at radius 3 is 2.40 bits per heavy atom. The van der Waals surface area contributed by atoms with Gasteiger partial charge in [-0.1, -0.05) is 11.6 Å². The van der Waals surface area contributed by atoms with Gasteiger partial charge >= 0.3 is 5.97 Å². The molecule has 0 aromatic heterocycles. The molecule has 6 nitrogen and oxygen atoms in total. The van der Waals surface area contributed by atoms with Gasteiger partial charge in [-0.05, 0) is 42.7 Å². The third-order valence-electron chi connectivity index (χ3n) is 3.03. The molecule has 0 aliphatic carbocycles. The molecular weight excluding hydrogens is 384 g/mol. The molecule has 0 heterocycles. The molecule has 25 heavy (non-hydrogen) atoms. The van der Waals surface area contributed by atoms with E-state index in [2.05, 4.69) is 15.4 Å². The number of rotatable bonds is 10. The average molecular weight is 405 g/mol. The largest absolute Gasteiger partial charge is 0.467 e. The van der Waals surface area contributed by atoms with Gasteiger partial charge in [-0.3, -0.25) is 9.59 Å². The van der Waals surface area contributed by atoms with E-state index < -0.39 is 12.0 Å². The number of anilines is 1. The Bertz CT molecular complexity index is 584. The number of ether oxygens (including phenoxy) is 1. The minimum Gasteiger partial charge on any atom is -0.467 e. The van der Waals surface area contributed by atoms with Crippen LogP contribution < -0.4 is 10.6 Å². The lowest BCUT2D eigenvalue weighted by Crippen LogP contribution is -2.42. The van der Waals surface area contributed by atoms with Crippen molar-refractivity contribution in [1.82, 2.24) is 5.32 Å². The smallest absolute Gasteiger partial charge is 0.328 e. The highest BCUT2D eigenvalue weighted by molar-refractivity contribution is 8.00. The first-order valence-electron chi connectivity index (χ1n) is 7.45. The molecule has 0 aliphatic heterocycles. The molecule has 138 valence electrons. The molecule has 0 fully saturated rings. The van der Waals surface area contributed by atoms with Crippen molar-refractivity contribution < 1.29 is 19.1 Å². The van der Waals surface area contributed by atoms with Crippen molar-refractivity contribution in [3.8, 4) is 0 Å². The summed E-state index contributed by atoms with van der Waals surface area (Å²) in [5.41, 5.74) is 0.641. The molecule has 0 saturated heterocycles. The number of hydrogen-bond acceptors (Lipinski definition) is 6. The second kappa shape index (κ2) is 12.1. The van der Waals surface area contributed by atoms with Crippen molar-refractivity contribution in [2.45, 2.75) is 12.5 Å². The van der Waals surface area contributed by atoms with Crippen LogP contribution >= 0.6 is 35.1 Å². The highest BCUT2D eigenvalue weighted by Crippen LogP contribution is 2.14. The Morgan fingerprint density at radius 1 is 1.16 bits per heavy atom. The normalized spacial score (nSPS) is 11.5. The zero-order valence-electron chi connectivity index (χ0n) is 14.0. The number of nitrogens with one attached hydrogen (secondary N) is 2. The van der Waals surface area contributed by atoms with Crippen LogP contribution in [0.3, 0.4) is 0 Å². The van der Waals surface area contributed by atoms with Gasteiger partial charge in [-0.2, -0.15) is 11.8 Å². The summed E-state index contributed by atoms with van der Waals surface area (Å²) in [4.78, 5) is 35.4. The number of hydrogen-bond donors (Lipinski definition) is 2. The molecule has 0 aliphatic rings. The molecular formula is C16H21ClN2O4S2. The SMILES string of the molecule is COC(=O)[C@H](CCSC)NC(=O)CSCC(=O)Nc1ccc(Cl)cc1. The van der Waals surface area contributed by atoms with Gasteiger partial charge in [0.2, 0.25) is 11.8 Å². The van der Waals surface area contributed by atoms with Crippen LogP contribution in [-0.2, 0) is 19.1 Å². The molecule has 2 N–H and O–H groups in total. The summed E-state index contributed by atoms with van der Waals surface area (Å²) in [7, 11) is 1.29. The van der Waals surface area contributed by atoms with Crippen LogP contribution in [0.1, 0.15) is 6.42 Å². The summed E-state index contributed by atoms with van der Waals surface area (Å²) < 4.78 is 4.68. The lowest BCUT2D eigenvalue weighted by Gasteiger charge is -2.15. The number of methoxy groups -OCH3 is 1. The van der Waals surface area contributed by atoms with Crippen molar-refractivity contribution in [2.24, 2.45) is 0 Å². The van der Waals surface area contributed by atoms with Crippen LogP contribution in [0.15, 0.2) is 24.3 Å². The quantitative estimate of drug-likeness (QED) is 0.582. The number of carbonyl (C=O) groups excluding carboxylic acids is 3. The Morgan fingerprint density at radius 2 is 1.80 bits per heavy atom. The maximum absolute atomic E-state index is 11.9. The topological polar surface area (TPSA) is 84.5 Å². The highest BCUT2D eigenvalue weighted by Gasteiger charge is 2.20. The fourth-order valence-corrected chi connectivity index (χ4v) is 3.06. The number of amides is 2. The molecule has 1 aromatic carbocycles. The highest BCUT2D eigenvalue weighted by atomic mass is 35.5. The van der Waals surface area contributed by atoms with Gasteiger partial charge in [0.25, 0.3) is 0 Å². The van der Waals surface area contributed by atoms with Crippen LogP contribution in [0.25, 0.3) is 0 Å². The summed E-state index contributed by atoms with van der Waals surface area (Å²) in [6.07, 6.45) is 2.42. The van der Waals surface area contributed by atoms with Gasteiger partial charge in [0, 0.05) is 10.7 Å². The van der Waals surface area contributed by atoms with Gasteiger partial charge < -0.3 is 15.4 Å². The average Bonchev–Trinajstić information content (AvgIpc) is 2.59. The summed E-state index contributed by atoms with van der Waals surface area (Å²) in [5, 5.41) is 5.94. The molecule has 1 atom stereocenters. The summed E-state index contributed by atoms with van der Waals surface area (Å²) >= 11 is 8.53. The van der Waals surface area contributed by atoms with E-state index in [0.29, 0.717) is 17.1 Å². The van der Waals surface area contributed by atoms with E-state index in [1.54, 1.807) is 36.0 Å². The minimum atomic E-state index is -0.659. The number of thioether (sulfide) groups is 2. The minimum absolute atomic E-state index is 0.0841. The van der Waals surface area contributed by atoms with E-state index in [0.717, 1.165) is 5.75 Å². The molecule has 9 heteroatoms. The van der Waals surface area contributed by atoms with Gasteiger partial charge in [0.05, 0.1) is 18.6 Å². The zero-order valence-corrected chi connectivity index (χ0v) is 16.4. The van der Waals surface area contributed by atoms with Crippen molar-refractivity contribution in [2.75, 3.05) is 35.9 Å². The molecule has 1 aromatic rings. The van der Waals surface area contributed by atoms with Crippen molar-refractivity contribution in [3.05, 3.63) is 29.3 Å². The maximum Gasteiger partial charge on any atom is 0.328 e. The second-order valence-corrected chi connectivity index (χ2v) is 7.38. The van der Waals surface area contributed by atoms with E-state index in [1.807, 2.05) is 6.26 Å². The molecule has 2 amide bonds. The summed E-state index contributed by atoms with van der Waals surface area (Å²) in [6.45, 7) is 0. The number of benzene rings is 1. The molecule has 1 rings (SSSR count). The van der Waals surface area contributed by atoms with Crippen LogP contribution in [0.5, 0.6) is 0 Å². The zero-order chi connectivity index (χ0) is 18.7. The molecule has 0 spiro atoms. The van der Waals surface area contributed by atoms with E-state index in [1.165, 1.54) is 18.9 Å². The predicted octanol–water partition coefficient (Wildman–Crippen LogP) is 2.42. The molecule has 0 saturated carbocycles. The number of halogens is 1. The van der Waals surface area contributed by atoms with Gasteiger partial charge in [0.15, 0.2) is 0 Å². The van der Waals surface area contributed by atoms with E-state index in [-0.39, 0.29) is 23.3 Å². The molecule has 0 bridgehead atoms. The monoisotopic (exact) mass is 404 g/mol. The summed E-state index contributed by atoms with van der Waals surface area (Å²) in [6, 6.07) is 6.10. The maximum atomic E-state index is 11.9. The van der Waals surface area contributed by atoms with E-state index >= 15 is 0 Å². The van der Waals surface area contributed by atoms with Gasteiger partial charge in [0.1, 0.15) is 6.04 Å². The van der Waals surface area contributed by atoms with E-state index in [4.69, 9.17) is 11.6 Å². The first-order valence-corrected chi connectivity index (χ1v) is 10.4. The standard InChI is InChI=1S/C16H21ClN2O4S2/c1-23-16(22)13(7-8-24-2)19-15(21)10-25-9-14(20)18-12-5-3-11(17)4-6-12/h3-6,13H,7-10H2,1-2H3,(H,18,20)(H,19,21)/t13-/m0/s1. The Balaban J connectivity index is 2.33. The predicted molar refractivity (Wildman–Crippen MR) is 104 cm³/mol. The molecule has 0 unspecified atom stereocenters. The van der Waals surface area contributed by atoms with E-state index in [9.17, 15) is 14.4 Å². The Hall–Kier alpha value is -1.38. The lowest BCUT2D eigenvalue weighted by molar-refractivity contribution is -0.144.